The quantitative estimate of drug-likeness (QED) is 0.674. The van der Waals surface area contributed by atoms with Gasteiger partial charge in [0.05, 0.1) is 6.04 Å². The van der Waals surface area contributed by atoms with Crippen LogP contribution in [0.5, 0.6) is 0 Å². The minimum atomic E-state index is -0.266. The summed E-state index contributed by atoms with van der Waals surface area (Å²) in [6.45, 7) is 0. The highest BCUT2D eigenvalue weighted by Gasteiger charge is 2.12. The first-order valence-electron chi connectivity index (χ1n) is 5.18. The Morgan fingerprint density at radius 2 is 1.71 bits per heavy atom. The third-order valence-electron chi connectivity index (χ3n) is 2.53. The highest BCUT2D eigenvalue weighted by atomic mass is 79.9. The van der Waals surface area contributed by atoms with Crippen LogP contribution in [0.15, 0.2) is 53.0 Å². The van der Waals surface area contributed by atoms with Crippen LogP contribution in [0.4, 0.5) is 4.39 Å². The number of rotatable bonds is 3. The van der Waals surface area contributed by atoms with Crippen LogP contribution in [-0.4, -0.2) is 0 Å². The van der Waals surface area contributed by atoms with Gasteiger partial charge in [0.25, 0.3) is 0 Å². The van der Waals surface area contributed by atoms with E-state index < -0.39 is 0 Å². The number of benzene rings is 2. The number of nitrogens with two attached hydrogens (primary N) is 1. The van der Waals surface area contributed by atoms with Crippen LogP contribution >= 0.6 is 15.9 Å². The molecule has 2 aromatic rings. The smallest absolute Gasteiger partial charge is 0.123 e. The van der Waals surface area contributed by atoms with E-state index in [-0.39, 0.29) is 11.9 Å². The summed E-state index contributed by atoms with van der Waals surface area (Å²) in [7, 11) is 0. The fraction of sp³-hybridized carbons (Fsp3) is 0.0769. The third kappa shape index (κ3) is 2.91. The van der Waals surface area contributed by atoms with Crippen molar-refractivity contribution in [1.82, 2.24) is 5.43 Å². The largest absolute Gasteiger partial charge is 0.271 e. The van der Waals surface area contributed by atoms with Crippen molar-refractivity contribution in [2.24, 2.45) is 5.84 Å². The molecule has 0 fully saturated rings. The molecule has 2 rings (SSSR count). The molecule has 0 heterocycles. The van der Waals surface area contributed by atoms with Gasteiger partial charge in [-0.2, -0.15) is 0 Å². The van der Waals surface area contributed by atoms with Crippen molar-refractivity contribution in [1.29, 1.82) is 0 Å². The molecule has 0 aromatic heterocycles. The van der Waals surface area contributed by atoms with E-state index in [1.54, 1.807) is 6.07 Å². The summed E-state index contributed by atoms with van der Waals surface area (Å²) in [5, 5.41) is 0. The van der Waals surface area contributed by atoms with E-state index in [0.29, 0.717) is 0 Å². The van der Waals surface area contributed by atoms with Crippen molar-refractivity contribution >= 4 is 15.9 Å². The van der Waals surface area contributed by atoms with Gasteiger partial charge in [-0.3, -0.25) is 5.84 Å². The average molecular weight is 295 g/mol. The second-order valence-electron chi connectivity index (χ2n) is 3.71. The minimum absolute atomic E-state index is 0.219. The second-order valence-corrected chi connectivity index (χ2v) is 4.63. The lowest BCUT2D eigenvalue weighted by Crippen LogP contribution is -2.28. The number of halogens is 2. The maximum absolute atomic E-state index is 13.2. The highest BCUT2D eigenvalue weighted by Crippen LogP contribution is 2.24. The summed E-state index contributed by atoms with van der Waals surface area (Å²) < 4.78 is 14.1. The van der Waals surface area contributed by atoms with E-state index in [0.717, 1.165) is 15.6 Å². The molecule has 0 spiro atoms. The summed E-state index contributed by atoms with van der Waals surface area (Å²) >= 11 is 3.40. The summed E-state index contributed by atoms with van der Waals surface area (Å²) in [5.74, 6) is 5.28. The van der Waals surface area contributed by atoms with Crippen LogP contribution < -0.4 is 11.3 Å². The number of nitrogens with one attached hydrogen (secondary N) is 1. The van der Waals surface area contributed by atoms with Gasteiger partial charge >= 0.3 is 0 Å². The van der Waals surface area contributed by atoms with E-state index in [9.17, 15) is 4.39 Å². The molecule has 2 aromatic carbocycles. The van der Waals surface area contributed by atoms with Gasteiger partial charge in [-0.25, -0.2) is 9.82 Å². The van der Waals surface area contributed by atoms with Crippen molar-refractivity contribution in [3.63, 3.8) is 0 Å². The molecule has 0 amide bonds. The van der Waals surface area contributed by atoms with Crippen molar-refractivity contribution in [3.05, 3.63) is 69.9 Å². The Morgan fingerprint density at radius 3 is 2.29 bits per heavy atom. The van der Waals surface area contributed by atoms with Crippen molar-refractivity contribution in [2.45, 2.75) is 6.04 Å². The lowest BCUT2D eigenvalue weighted by Gasteiger charge is -2.17. The molecule has 3 N–H and O–H groups in total. The Kier molecular flexibility index (Phi) is 3.89. The fourth-order valence-electron chi connectivity index (χ4n) is 1.76. The third-order valence-corrected chi connectivity index (χ3v) is 3.02. The van der Waals surface area contributed by atoms with Crippen LogP contribution in [0.2, 0.25) is 0 Å². The minimum Gasteiger partial charge on any atom is -0.271 e. The zero-order valence-corrected chi connectivity index (χ0v) is 10.6. The highest BCUT2D eigenvalue weighted by molar-refractivity contribution is 9.10. The summed E-state index contributed by atoms with van der Waals surface area (Å²) in [6.07, 6.45) is 0. The molecule has 0 aliphatic rings. The van der Waals surface area contributed by atoms with Crippen molar-refractivity contribution < 1.29 is 4.39 Å². The molecule has 0 radical (unpaired) electrons. The number of hydrogen-bond donors (Lipinski definition) is 2. The van der Waals surface area contributed by atoms with Gasteiger partial charge < -0.3 is 0 Å². The van der Waals surface area contributed by atoms with Crippen LogP contribution in [-0.2, 0) is 0 Å². The van der Waals surface area contributed by atoms with E-state index in [1.807, 2.05) is 30.3 Å². The number of hydrogen-bond acceptors (Lipinski definition) is 2. The van der Waals surface area contributed by atoms with E-state index in [2.05, 4.69) is 21.4 Å². The molecule has 2 nitrogen and oxygen atoms in total. The molecule has 0 saturated carbocycles. The first-order chi connectivity index (χ1) is 8.20. The lowest BCUT2D eigenvalue weighted by atomic mass is 9.99. The summed E-state index contributed by atoms with van der Waals surface area (Å²) in [6, 6.07) is 13.9. The van der Waals surface area contributed by atoms with E-state index in [1.165, 1.54) is 12.1 Å². The van der Waals surface area contributed by atoms with Gasteiger partial charge in [0, 0.05) is 4.47 Å². The molecule has 0 aliphatic heterocycles. The molecule has 0 aliphatic carbocycles. The number of hydrazine groups is 1. The normalized spacial score (nSPS) is 12.4. The zero-order valence-electron chi connectivity index (χ0n) is 9.03. The maximum atomic E-state index is 13.2. The molecule has 17 heavy (non-hydrogen) atoms. The summed E-state index contributed by atoms with van der Waals surface area (Å²) in [4.78, 5) is 0. The van der Waals surface area contributed by atoms with Gasteiger partial charge in [0.2, 0.25) is 0 Å². The van der Waals surface area contributed by atoms with Crippen molar-refractivity contribution in [2.75, 3.05) is 0 Å². The van der Waals surface area contributed by atoms with Gasteiger partial charge in [0.1, 0.15) is 5.82 Å². The molecule has 1 unspecified atom stereocenters. The van der Waals surface area contributed by atoms with Gasteiger partial charge in [-0.1, -0.05) is 40.2 Å². The molecule has 4 heteroatoms. The van der Waals surface area contributed by atoms with Crippen LogP contribution in [0, 0.1) is 5.82 Å². The Balaban J connectivity index is 2.40. The van der Waals surface area contributed by atoms with Crippen LogP contribution in [0.25, 0.3) is 0 Å². The maximum Gasteiger partial charge on any atom is 0.123 e. The predicted octanol–water partition coefficient (Wildman–Crippen LogP) is 3.14. The molecule has 0 saturated heterocycles. The molecular weight excluding hydrogens is 283 g/mol. The van der Waals surface area contributed by atoms with Crippen LogP contribution in [0.3, 0.4) is 0 Å². The zero-order chi connectivity index (χ0) is 12.3. The van der Waals surface area contributed by atoms with Gasteiger partial charge in [-0.15, -0.1) is 0 Å². The molecule has 88 valence electrons. The monoisotopic (exact) mass is 294 g/mol. The topological polar surface area (TPSA) is 38.0 Å². The SMILES string of the molecule is NNC(c1cccc(F)c1)c1cccc(Br)c1. The Labute approximate surface area is 108 Å². The average Bonchev–Trinajstić information content (AvgIpc) is 2.30. The van der Waals surface area contributed by atoms with Gasteiger partial charge in [-0.05, 0) is 35.4 Å². The Morgan fingerprint density at radius 1 is 1.06 bits per heavy atom. The van der Waals surface area contributed by atoms with Crippen molar-refractivity contribution in [3.8, 4) is 0 Å². The first-order valence-corrected chi connectivity index (χ1v) is 5.97. The fourth-order valence-corrected chi connectivity index (χ4v) is 2.17. The molecule has 1 atom stereocenters. The van der Waals surface area contributed by atoms with Crippen LogP contribution in [0.1, 0.15) is 17.2 Å². The molecular formula is C13H12BrFN2. The predicted molar refractivity (Wildman–Crippen MR) is 69.7 cm³/mol. The first kappa shape index (κ1) is 12.2. The summed E-state index contributed by atoms with van der Waals surface area (Å²) in [5.41, 5.74) is 4.48. The Hall–Kier alpha value is -1.23. The van der Waals surface area contributed by atoms with E-state index >= 15 is 0 Å². The molecule has 0 bridgehead atoms. The second kappa shape index (κ2) is 5.40. The van der Waals surface area contributed by atoms with E-state index in [4.69, 9.17) is 5.84 Å². The standard InChI is InChI=1S/C13H12BrFN2/c14-11-5-1-3-9(7-11)13(17-16)10-4-2-6-12(15)8-10/h1-8,13,17H,16H2. The lowest BCUT2D eigenvalue weighted by molar-refractivity contribution is 0.605. The Bertz CT molecular complexity index is 471. The van der Waals surface area contributed by atoms with Gasteiger partial charge in [0.15, 0.2) is 0 Å².